The minimum atomic E-state index is 0.0975. The SMILES string of the molecule is CCCCCCCCCCCCC#CC#CCCCCCCCCC(=O)NC1CCNC(=O)CC1. The van der Waals surface area contributed by atoms with Crippen LogP contribution in [0.5, 0.6) is 0 Å². The number of amides is 2. The highest BCUT2D eigenvalue weighted by molar-refractivity contribution is 5.77. The van der Waals surface area contributed by atoms with E-state index < -0.39 is 0 Å². The van der Waals surface area contributed by atoms with Gasteiger partial charge in [-0.3, -0.25) is 9.59 Å². The van der Waals surface area contributed by atoms with Crippen LogP contribution in [0.1, 0.15) is 148 Å². The lowest BCUT2D eigenvalue weighted by molar-refractivity contribution is -0.123. The van der Waals surface area contributed by atoms with Gasteiger partial charge in [0.1, 0.15) is 0 Å². The summed E-state index contributed by atoms with van der Waals surface area (Å²) in [6.45, 7) is 2.94. The Balaban J connectivity index is 1.83. The maximum Gasteiger partial charge on any atom is 0.220 e. The minimum absolute atomic E-state index is 0.0975. The maximum atomic E-state index is 12.1. The third-order valence-electron chi connectivity index (χ3n) is 6.75. The van der Waals surface area contributed by atoms with Crippen LogP contribution in [0.15, 0.2) is 0 Å². The highest BCUT2D eigenvalue weighted by atomic mass is 16.2. The lowest BCUT2D eigenvalue weighted by Crippen LogP contribution is -2.35. The lowest BCUT2D eigenvalue weighted by atomic mass is 10.1. The number of nitrogens with one attached hydrogen (secondary N) is 2. The van der Waals surface area contributed by atoms with Crippen molar-refractivity contribution >= 4 is 11.8 Å². The molecule has 0 aliphatic carbocycles. The summed E-state index contributed by atoms with van der Waals surface area (Å²) in [5.41, 5.74) is 0. The van der Waals surface area contributed by atoms with E-state index >= 15 is 0 Å². The monoisotopic (exact) mass is 484 g/mol. The Morgan fingerprint density at radius 1 is 0.771 bits per heavy atom. The van der Waals surface area contributed by atoms with Crippen LogP contribution in [0.3, 0.4) is 0 Å². The third-order valence-corrected chi connectivity index (χ3v) is 6.75. The topological polar surface area (TPSA) is 58.2 Å². The second-order valence-corrected chi connectivity index (χ2v) is 10.1. The predicted octanol–water partition coefficient (Wildman–Crippen LogP) is 7.21. The fourth-order valence-electron chi connectivity index (χ4n) is 4.49. The molecule has 2 N–H and O–H groups in total. The molecule has 0 aromatic rings. The van der Waals surface area contributed by atoms with E-state index in [-0.39, 0.29) is 17.9 Å². The van der Waals surface area contributed by atoms with E-state index in [9.17, 15) is 9.59 Å². The van der Waals surface area contributed by atoms with Crippen LogP contribution in [0.25, 0.3) is 0 Å². The van der Waals surface area contributed by atoms with Crippen LogP contribution in [0.4, 0.5) is 0 Å². The van der Waals surface area contributed by atoms with Gasteiger partial charge in [0.25, 0.3) is 0 Å². The molecule has 0 saturated carbocycles. The van der Waals surface area contributed by atoms with E-state index in [2.05, 4.69) is 41.2 Å². The van der Waals surface area contributed by atoms with Crippen molar-refractivity contribution in [2.75, 3.05) is 6.54 Å². The molecule has 1 unspecified atom stereocenters. The Bertz CT molecular complexity index is 665. The standard InChI is InChI=1S/C31H52N2O2/c1-2-3-4-5-6-7-8-9-10-11-12-13-14-15-16-17-18-19-20-21-22-23-24-31(35)33-29-25-26-30(34)32-28-27-29/h29H,2-12,17-28H2,1H3,(H,32,34)(H,33,35). The molecule has 4 heteroatoms. The average molecular weight is 485 g/mol. The molecule has 1 aliphatic rings. The van der Waals surface area contributed by atoms with Gasteiger partial charge in [-0.1, -0.05) is 102 Å². The first kappa shape index (κ1) is 31.1. The van der Waals surface area contributed by atoms with Crippen molar-refractivity contribution in [3.8, 4) is 23.7 Å². The van der Waals surface area contributed by atoms with Crippen molar-refractivity contribution in [3.05, 3.63) is 0 Å². The largest absolute Gasteiger partial charge is 0.356 e. The number of hydrogen-bond donors (Lipinski definition) is 2. The molecule has 4 nitrogen and oxygen atoms in total. The molecule has 1 aliphatic heterocycles. The Hall–Kier alpha value is -1.94. The summed E-state index contributed by atoms with van der Waals surface area (Å²) in [6, 6.07) is 0.145. The molecule has 0 aromatic carbocycles. The van der Waals surface area contributed by atoms with E-state index in [1.165, 1.54) is 83.5 Å². The Kier molecular flexibility index (Phi) is 21.1. The normalized spacial score (nSPS) is 15.2. The van der Waals surface area contributed by atoms with Gasteiger partial charge in [0, 0.05) is 38.3 Å². The fourth-order valence-corrected chi connectivity index (χ4v) is 4.49. The first-order chi connectivity index (χ1) is 17.2. The summed E-state index contributed by atoms with van der Waals surface area (Å²) in [4.78, 5) is 23.4. The molecule has 2 amide bonds. The second kappa shape index (κ2) is 23.8. The first-order valence-electron chi connectivity index (χ1n) is 14.7. The van der Waals surface area contributed by atoms with Crippen LogP contribution in [-0.4, -0.2) is 24.4 Å². The molecule has 0 spiro atoms. The van der Waals surface area contributed by atoms with Gasteiger partial charge >= 0.3 is 0 Å². The number of rotatable bonds is 19. The Morgan fingerprint density at radius 3 is 1.86 bits per heavy atom. The zero-order chi connectivity index (χ0) is 25.2. The molecule has 0 bridgehead atoms. The summed E-state index contributed by atoms with van der Waals surface area (Å²) >= 11 is 0. The summed E-state index contributed by atoms with van der Waals surface area (Å²) < 4.78 is 0. The van der Waals surface area contributed by atoms with E-state index in [4.69, 9.17) is 0 Å². The van der Waals surface area contributed by atoms with Crippen LogP contribution < -0.4 is 10.6 Å². The van der Waals surface area contributed by atoms with E-state index in [1.807, 2.05) is 0 Å². The van der Waals surface area contributed by atoms with Crippen molar-refractivity contribution in [2.45, 2.75) is 154 Å². The van der Waals surface area contributed by atoms with Crippen LogP contribution in [0.2, 0.25) is 0 Å². The zero-order valence-corrected chi connectivity index (χ0v) is 22.7. The van der Waals surface area contributed by atoms with Crippen molar-refractivity contribution in [1.29, 1.82) is 0 Å². The van der Waals surface area contributed by atoms with Gasteiger partial charge in [0.05, 0.1) is 0 Å². The van der Waals surface area contributed by atoms with Crippen LogP contribution in [0, 0.1) is 23.7 Å². The van der Waals surface area contributed by atoms with Gasteiger partial charge in [0.2, 0.25) is 11.8 Å². The molecule has 1 rings (SSSR count). The van der Waals surface area contributed by atoms with Crippen molar-refractivity contribution in [1.82, 2.24) is 10.6 Å². The molecule has 35 heavy (non-hydrogen) atoms. The highest BCUT2D eigenvalue weighted by Gasteiger charge is 2.17. The van der Waals surface area contributed by atoms with Gasteiger partial charge in [0.15, 0.2) is 0 Å². The maximum absolute atomic E-state index is 12.1. The van der Waals surface area contributed by atoms with Crippen LogP contribution >= 0.6 is 0 Å². The Morgan fingerprint density at radius 2 is 1.29 bits per heavy atom. The number of unbranched alkanes of at least 4 members (excludes halogenated alkanes) is 16. The number of hydrogen-bond acceptors (Lipinski definition) is 2. The predicted molar refractivity (Wildman–Crippen MR) is 148 cm³/mol. The summed E-state index contributed by atoms with van der Waals surface area (Å²) in [7, 11) is 0. The molecule has 1 atom stereocenters. The van der Waals surface area contributed by atoms with Gasteiger partial charge in [-0.25, -0.2) is 0 Å². The van der Waals surface area contributed by atoms with E-state index in [0.29, 0.717) is 19.4 Å². The van der Waals surface area contributed by atoms with Crippen molar-refractivity contribution in [2.24, 2.45) is 0 Å². The highest BCUT2D eigenvalue weighted by Crippen LogP contribution is 2.12. The molecule has 1 saturated heterocycles. The molecule has 0 radical (unpaired) electrons. The molecule has 0 aromatic heterocycles. The van der Waals surface area contributed by atoms with Gasteiger partial charge in [-0.2, -0.15) is 0 Å². The molecular formula is C31H52N2O2. The zero-order valence-electron chi connectivity index (χ0n) is 22.7. The average Bonchev–Trinajstić information content (AvgIpc) is 3.06. The minimum Gasteiger partial charge on any atom is -0.356 e. The summed E-state index contributed by atoms with van der Waals surface area (Å²) in [5.74, 6) is 12.6. The number of carbonyl (C=O) groups is 2. The molecule has 1 heterocycles. The van der Waals surface area contributed by atoms with Crippen molar-refractivity contribution in [3.63, 3.8) is 0 Å². The molecular weight excluding hydrogens is 432 g/mol. The quantitative estimate of drug-likeness (QED) is 0.150. The smallest absolute Gasteiger partial charge is 0.220 e. The second-order valence-electron chi connectivity index (χ2n) is 10.1. The summed E-state index contributed by atoms with van der Waals surface area (Å²) in [5, 5.41) is 5.94. The third kappa shape index (κ3) is 21.1. The van der Waals surface area contributed by atoms with Gasteiger partial charge < -0.3 is 10.6 Å². The number of carbonyl (C=O) groups excluding carboxylic acids is 2. The molecule has 1 fully saturated rings. The van der Waals surface area contributed by atoms with Crippen molar-refractivity contribution < 1.29 is 9.59 Å². The van der Waals surface area contributed by atoms with Crippen LogP contribution in [-0.2, 0) is 9.59 Å². The van der Waals surface area contributed by atoms with E-state index in [0.717, 1.165) is 44.9 Å². The van der Waals surface area contributed by atoms with Gasteiger partial charge in [-0.05, 0) is 43.9 Å². The lowest BCUT2D eigenvalue weighted by Gasteiger charge is -2.15. The molecule has 198 valence electrons. The first-order valence-corrected chi connectivity index (χ1v) is 14.7. The van der Waals surface area contributed by atoms with E-state index in [1.54, 1.807) is 0 Å². The fraction of sp³-hybridized carbons (Fsp3) is 0.806. The Labute approximate surface area is 216 Å². The van der Waals surface area contributed by atoms with Gasteiger partial charge in [-0.15, -0.1) is 0 Å². The summed E-state index contributed by atoms with van der Waals surface area (Å²) in [6.07, 6.45) is 25.1.